The second-order valence-corrected chi connectivity index (χ2v) is 6.60. The van der Waals surface area contributed by atoms with Crippen LogP contribution in [0.2, 0.25) is 0 Å². The van der Waals surface area contributed by atoms with Crippen LogP contribution in [-0.2, 0) is 17.9 Å². The first kappa shape index (κ1) is 18.6. The van der Waals surface area contributed by atoms with Crippen molar-refractivity contribution < 1.29 is 9.53 Å². The first-order chi connectivity index (χ1) is 14.2. The zero-order chi connectivity index (χ0) is 20.1. The van der Waals surface area contributed by atoms with Crippen LogP contribution in [0.4, 0.5) is 11.6 Å². The molecule has 0 aliphatic carbocycles. The van der Waals surface area contributed by atoms with Crippen LogP contribution in [0.25, 0.3) is 11.0 Å². The first-order valence-corrected chi connectivity index (χ1v) is 9.40. The Morgan fingerprint density at radius 3 is 2.52 bits per heavy atom. The molecule has 0 saturated carbocycles. The van der Waals surface area contributed by atoms with Gasteiger partial charge in [-0.2, -0.15) is 0 Å². The maximum Gasteiger partial charge on any atom is 0.244 e. The number of hydrogen-bond donors (Lipinski definition) is 2. The Morgan fingerprint density at radius 2 is 1.69 bits per heavy atom. The van der Waals surface area contributed by atoms with Crippen molar-refractivity contribution in [2.45, 2.75) is 13.1 Å². The van der Waals surface area contributed by atoms with Gasteiger partial charge in [-0.25, -0.2) is 4.98 Å². The van der Waals surface area contributed by atoms with Crippen molar-refractivity contribution in [1.29, 1.82) is 0 Å². The molecule has 0 aliphatic rings. The number of benzene rings is 3. The largest absolute Gasteiger partial charge is 0.495 e. The van der Waals surface area contributed by atoms with Crippen molar-refractivity contribution in [3.8, 4) is 5.75 Å². The summed E-state index contributed by atoms with van der Waals surface area (Å²) >= 11 is 0. The van der Waals surface area contributed by atoms with Gasteiger partial charge in [-0.05, 0) is 29.8 Å². The molecule has 0 aliphatic heterocycles. The zero-order valence-corrected chi connectivity index (χ0v) is 16.1. The predicted molar refractivity (Wildman–Crippen MR) is 115 cm³/mol. The smallest absolute Gasteiger partial charge is 0.244 e. The average Bonchev–Trinajstić information content (AvgIpc) is 3.10. The highest BCUT2D eigenvalue weighted by Gasteiger charge is 2.14. The molecule has 0 unspecified atom stereocenters. The number of hydrogen-bond acceptors (Lipinski definition) is 4. The van der Waals surface area contributed by atoms with E-state index in [1.807, 2.05) is 83.4 Å². The summed E-state index contributed by atoms with van der Waals surface area (Å²) in [5.41, 5.74) is 3.53. The van der Waals surface area contributed by atoms with Gasteiger partial charge in [0.25, 0.3) is 0 Å². The summed E-state index contributed by atoms with van der Waals surface area (Å²) < 4.78 is 7.21. The number of anilines is 2. The Balaban J connectivity index is 1.57. The molecule has 2 N–H and O–H groups in total. The molecule has 0 fully saturated rings. The van der Waals surface area contributed by atoms with Gasteiger partial charge in [-0.15, -0.1) is 0 Å². The van der Waals surface area contributed by atoms with Gasteiger partial charge < -0.3 is 19.9 Å². The minimum absolute atomic E-state index is 0.135. The summed E-state index contributed by atoms with van der Waals surface area (Å²) in [5.74, 6) is 1.13. The molecular weight excluding hydrogens is 364 g/mol. The highest BCUT2D eigenvalue weighted by atomic mass is 16.5. The standard InChI is InChI=1S/C23H22N4O2/c1-29-21-14-8-6-12-19(21)25-22(28)16-27-20-13-7-5-11-18(20)26-23(27)24-15-17-9-3-2-4-10-17/h2-14H,15-16H2,1H3,(H,24,26)(H,25,28). The van der Waals surface area contributed by atoms with E-state index in [1.54, 1.807) is 7.11 Å². The monoisotopic (exact) mass is 386 g/mol. The summed E-state index contributed by atoms with van der Waals surface area (Å²) in [5, 5.41) is 6.28. The van der Waals surface area contributed by atoms with Gasteiger partial charge in [0.05, 0.1) is 23.8 Å². The Morgan fingerprint density at radius 1 is 0.966 bits per heavy atom. The van der Waals surface area contributed by atoms with E-state index in [4.69, 9.17) is 4.74 Å². The van der Waals surface area contributed by atoms with E-state index < -0.39 is 0 Å². The molecule has 0 bridgehead atoms. The molecule has 4 rings (SSSR count). The van der Waals surface area contributed by atoms with Crippen LogP contribution in [0, 0.1) is 0 Å². The number of carbonyl (C=O) groups excluding carboxylic acids is 1. The van der Waals surface area contributed by atoms with Crippen molar-refractivity contribution in [2.24, 2.45) is 0 Å². The third-order valence-electron chi connectivity index (χ3n) is 4.63. The topological polar surface area (TPSA) is 68.2 Å². The van der Waals surface area contributed by atoms with E-state index in [0.717, 1.165) is 16.6 Å². The van der Waals surface area contributed by atoms with E-state index >= 15 is 0 Å². The number of methoxy groups -OCH3 is 1. The molecule has 0 saturated heterocycles. The molecule has 0 atom stereocenters. The van der Waals surface area contributed by atoms with E-state index in [9.17, 15) is 4.79 Å². The second kappa shape index (κ2) is 8.48. The van der Waals surface area contributed by atoms with Crippen molar-refractivity contribution in [1.82, 2.24) is 9.55 Å². The molecule has 1 aromatic heterocycles. The van der Waals surface area contributed by atoms with Crippen molar-refractivity contribution in [2.75, 3.05) is 17.7 Å². The fourth-order valence-corrected chi connectivity index (χ4v) is 3.23. The zero-order valence-electron chi connectivity index (χ0n) is 16.1. The van der Waals surface area contributed by atoms with Gasteiger partial charge in [0.2, 0.25) is 11.9 Å². The molecule has 4 aromatic rings. The molecule has 29 heavy (non-hydrogen) atoms. The summed E-state index contributed by atoms with van der Waals surface area (Å²) in [4.78, 5) is 17.4. The highest BCUT2D eigenvalue weighted by molar-refractivity contribution is 5.93. The number of carbonyl (C=O) groups is 1. The van der Waals surface area contributed by atoms with E-state index in [0.29, 0.717) is 23.9 Å². The Hall–Kier alpha value is -3.80. The van der Waals surface area contributed by atoms with Crippen LogP contribution >= 0.6 is 0 Å². The molecule has 6 heteroatoms. The molecule has 0 spiro atoms. The number of rotatable bonds is 7. The minimum Gasteiger partial charge on any atom is -0.495 e. The van der Waals surface area contributed by atoms with Gasteiger partial charge in [0, 0.05) is 6.54 Å². The maximum absolute atomic E-state index is 12.8. The molecule has 1 amide bonds. The fourth-order valence-electron chi connectivity index (χ4n) is 3.23. The van der Waals surface area contributed by atoms with Gasteiger partial charge >= 0.3 is 0 Å². The molecule has 6 nitrogen and oxygen atoms in total. The summed E-state index contributed by atoms with van der Waals surface area (Å²) in [7, 11) is 1.58. The van der Waals surface area contributed by atoms with E-state index in [2.05, 4.69) is 15.6 Å². The SMILES string of the molecule is COc1ccccc1NC(=O)Cn1c(NCc2ccccc2)nc2ccccc21. The predicted octanol–water partition coefficient (Wildman–Crippen LogP) is 4.30. The Labute approximate surface area is 169 Å². The number of nitrogens with zero attached hydrogens (tertiary/aromatic N) is 2. The van der Waals surface area contributed by atoms with Crippen LogP contribution < -0.4 is 15.4 Å². The quantitative estimate of drug-likeness (QED) is 0.497. The van der Waals surface area contributed by atoms with Gasteiger partial charge in [0.1, 0.15) is 12.3 Å². The third kappa shape index (κ3) is 4.21. The summed E-state index contributed by atoms with van der Waals surface area (Å²) in [6.07, 6.45) is 0. The number of amides is 1. The van der Waals surface area contributed by atoms with Crippen LogP contribution in [0.5, 0.6) is 5.75 Å². The first-order valence-electron chi connectivity index (χ1n) is 9.40. The lowest BCUT2D eigenvalue weighted by atomic mass is 10.2. The van der Waals surface area contributed by atoms with E-state index in [-0.39, 0.29) is 12.5 Å². The number of para-hydroxylation sites is 4. The van der Waals surface area contributed by atoms with Gasteiger partial charge in [-0.1, -0.05) is 54.6 Å². The summed E-state index contributed by atoms with van der Waals surface area (Å²) in [6.45, 7) is 0.758. The number of imidazole rings is 1. The molecule has 3 aromatic carbocycles. The van der Waals surface area contributed by atoms with Crippen LogP contribution in [-0.4, -0.2) is 22.6 Å². The van der Waals surface area contributed by atoms with Gasteiger partial charge in [0.15, 0.2) is 0 Å². The van der Waals surface area contributed by atoms with Crippen LogP contribution in [0.15, 0.2) is 78.9 Å². The molecular formula is C23H22N4O2. The normalized spacial score (nSPS) is 10.7. The summed E-state index contributed by atoms with van der Waals surface area (Å²) in [6, 6.07) is 25.2. The molecule has 1 heterocycles. The number of aromatic nitrogens is 2. The fraction of sp³-hybridized carbons (Fsp3) is 0.130. The highest BCUT2D eigenvalue weighted by Crippen LogP contribution is 2.24. The van der Waals surface area contributed by atoms with Crippen molar-refractivity contribution >= 4 is 28.6 Å². The molecule has 0 radical (unpaired) electrons. The number of nitrogens with one attached hydrogen (secondary N) is 2. The van der Waals surface area contributed by atoms with E-state index in [1.165, 1.54) is 0 Å². The lowest BCUT2D eigenvalue weighted by Crippen LogP contribution is -2.20. The number of ether oxygens (including phenoxy) is 1. The second-order valence-electron chi connectivity index (χ2n) is 6.60. The maximum atomic E-state index is 12.8. The minimum atomic E-state index is -0.152. The number of fused-ring (bicyclic) bond motifs is 1. The third-order valence-corrected chi connectivity index (χ3v) is 4.63. The van der Waals surface area contributed by atoms with Crippen LogP contribution in [0.1, 0.15) is 5.56 Å². The lowest BCUT2D eigenvalue weighted by molar-refractivity contribution is -0.116. The average molecular weight is 386 g/mol. The van der Waals surface area contributed by atoms with Gasteiger partial charge in [-0.3, -0.25) is 4.79 Å². The Kier molecular flexibility index (Phi) is 5.42. The van der Waals surface area contributed by atoms with Crippen LogP contribution in [0.3, 0.4) is 0 Å². The Bertz CT molecular complexity index is 1120. The molecule has 146 valence electrons. The van der Waals surface area contributed by atoms with Crippen molar-refractivity contribution in [3.05, 3.63) is 84.4 Å². The van der Waals surface area contributed by atoms with Crippen molar-refractivity contribution in [3.63, 3.8) is 0 Å². The lowest BCUT2D eigenvalue weighted by Gasteiger charge is -2.13.